The number of fused-ring (bicyclic) bond motifs is 5. The molecule has 9 N–H and O–H groups in total. The number of aromatic hydroxyl groups is 2. The Morgan fingerprint density at radius 3 is 2.13 bits per heavy atom. The third-order valence-electron chi connectivity index (χ3n) is 8.39. The van der Waals surface area contributed by atoms with E-state index in [1.54, 1.807) is 0 Å². The fourth-order valence-corrected chi connectivity index (χ4v) is 5.39. The number of carboxylic acids is 1. The summed E-state index contributed by atoms with van der Waals surface area (Å²) in [5.41, 5.74) is 6.06. The van der Waals surface area contributed by atoms with E-state index in [4.69, 9.17) is 5.73 Å². The molecule has 1 unspecified atom stereocenters. The zero-order chi connectivity index (χ0) is 38.6. The third kappa shape index (κ3) is 14.2. The summed E-state index contributed by atoms with van der Waals surface area (Å²) in [5.74, 6) is -4.67. The number of carbonyl (C=O) groups excluding carboxylic acids is 5. The van der Waals surface area contributed by atoms with E-state index in [0.717, 1.165) is 43.5 Å². The number of rotatable bonds is 15. The first-order valence-corrected chi connectivity index (χ1v) is 17.8. The standard InChI is InChI=1S/C33H43N5O9.C4H11N/c1-3-4-5-6-7-8-27(41)34-14-13-28(42)35-19-30(44)38(2)31-21-10-12-26(40)23(17-21)22-15-20(9-11-25(22)39)16-24(33(46)47)37-29(43)18-36-32(31)45;1-2-3-4-5/h9-12,15,17,24,31,39-40H,3-8,13-14,16,18-19H2,1-2H3,(H,34,41)(H,35,42)(H,36,45)(H,37,43)(H,46,47);2-5H2,1H3/t24-,31?;/m0./s1. The van der Waals surface area contributed by atoms with Crippen molar-refractivity contribution >= 4 is 35.5 Å². The number of likely N-dealkylation sites (N-methyl/N-ethyl adjacent to an activating group) is 1. The number of unbranched alkanes of at least 4 members (excludes halogenated alkanes) is 5. The van der Waals surface area contributed by atoms with Gasteiger partial charge in [-0.2, -0.15) is 0 Å². The molecule has 2 atom stereocenters. The molecular weight excluding hydrogens is 672 g/mol. The minimum absolute atomic E-state index is 0.0567. The molecule has 286 valence electrons. The average molecular weight is 727 g/mol. The summed E-state index contributed by atoms with van der Waals surface area (Å²) < 4.78 is 0. The lowest BCUT2D eigenvalue weighted by Crippen LogP contribution is -2.49. The predicted octanol–water partition coefficient (Wildman–Crippen LogP) is 2.23. The van der Waals surface area contributed by atoms with Gasteiger partial charge in [0.05, 0.1) is 13.1 Å². The van der Waals surface area contributed by atoms with Gasteiger partial charge < -0.3 is 47.2 Å². The number of carbonyl (C=O) groups is 6. The predicted molar refractivity (Wildman–Crippen MR) is 195 cm³/mol. The zero-order valence-corrected chi connectivity index (χ0v) is 30.3. The monoisotopic (exact) mass is 726 g/mol. The minimum Gasteiger partial charge on any atom is -0.507 e. The van der Waals surface area contributed by atoms with E-state index >= 15 is 0 Å². The second kappa shape index (κ2) is 22.6. The molecule has 1 aliphatic heterocycles. The van der Waals surface area contributed by atoms with Crippen molar-refractivity contribution in [1.82, 2.24) is 26.2 Å². The van der Waals surface area contributed by atoms with Crippen LogP contribution in [0.1, 0.15) is 88.8 Å². The lowest BCUT2D eigenvalue weighted by molar-refractivity contribution is -0.142. The number of nitrogens with two attached hydrogens (primary N) is 1. The SMILES string of the molecule is CCCCCCCC(=O)NCCC(=O)NCC(=O)N(C)C1C(=O)NCC(=O)N[C@H](C(=O)O)Cc2ccc(O)c(c2)-c2cc1ccc2O.CCCCN. The molecule has 0 aliphatic carbocycles. The molecule has 0 saturated carbocycles. The summed E-state index contributed by atoms with van der Waals surface area (Å²) in [6.07, 6.45) is 7.63. The largest absolute Gasteiger partial charge is 0.507 e. The highest BCUT2D eigenvalue weighted by Gasteiger charge is 2.31. The fourth-order valence-electron chi connectivity index (χ4n) is 5.39. The van der Waals surface area contributed by atoms with E-state index in [-0.39, 0.29) is 53.5 Å². The van der Waals surface area contributed by atoms with Crippen molar-refractivity contribution < 1.29 is 44.1 Å². The van der Waals surface area contributed by atoms with Crippen molar-refractivity contribution in [2.24, 2.45) is 5.73 Å². The van der Waals surface area contributed by atoms with Crippen molar-refractivity contribution in [3.8, 4) is 22.6 Å². The summed E-state index contributed by atoms with van der Waals surface area (Å²) in [6.45, 7) is 4.13. The number of phenols is 2. The maximum atomic E-state index is 13.5. The second-order valence-corrected chi connectivity index (χ2v) is 12.6. The Labute approximate surface area is 304 Å². The Morgan fingerprint density at radius 2 is 1.50 bits per heavy atom. The lowest BCUT2D eigenvalue weighted by atomic mass is 9.94. The summed E-state index contributed by atoms with van der Waals surface area (Å²) in [4.78, 5) is 76.6. The first kappa shape index (κ1) is 43.0. The Bertz CT molecular complexity index is 1530. The number of hydrogen-bond donors (Lipinski definition) is 8. The molecule has 0 spiro atoms. The quantitative estimate of drug-likeness (QED) is 0.125. The van der Waals surface area contributed by atoms with Crippen molar-refractivity contribution in [2.75, 3.05) is 33.2 Å². The van der Waals surface area contributed by atoms with Crippen molar-refractivity contribution in [2.45, 2.75) is 90.1 Å². The van der Waals surface area contributed by atoms with Crippen LogP contribution in [0.15, 0.2) is 36.4 Å². The molecular formula is C37H54N6O9. The van der Waals surface area contributed by atoms with Crippen LogP contribution < -0.4 is 27.0 Å². The van der Waals surface area contributed by atoms with Gasteiger partial charge >= 0.3 is 5.97 Å². The molecule has 52 heavy (non-hydrogen) atoms. The van der Waals surface area contributed by atoms with Gasteiger partial charge in [0.1, 0.15) is 23.6 Å². The van der Waals surface area contributed by atoms with Crippen LogP contribution in [0.2, 0.25) is 0 Å². The van der Waals surface area contributed by atoms with E-state index in [1.165, 1.54) is 56.3 Å². The van der Waals surface area contributed by atoms with Crippen LogP contribution in [0.5, 0.6) is 11.5 Å². The molecule has 0 saturated heterocycles. The highest BCUT2D eigenvalue weighted by Crippen LogP contribution is 2.38. The van der Waals surface area contributed by atoms with Gasteiger partial charge in [-0.3, -0.25) is 24.0 Å². The lowest BCUT2D eigenvalue weighted by Gasteiger charge is -2.28. The van der Waals surface area contributed by atoms with Gasteiger partial charge in [-0.05, 0) is 54.8 Å². The van der Waals surface area contributed by atoms with E-state index in [1.807, 2.05) is 0 Å². The molecule has 1 aliphatic rings. The van der Waals surface area contributed by atoms with Crippen LogP contribution in [-0.4, -0.2) is 95.0 Å². The Balaban J connectivity index is 0.00000175. The van der Waals surface area contributed by atoms with Crippen LogP contribution >= 0.6 is 0 Å². The molecule has 15 heteroatoms. The maximum absolute atomic E-state index is 13.5. The number of hydrogen-bond acceptors (Lipinski definition) is 9. The molecule has 3 rings (SSSR count). The summed E-state index contributed by atoms with van der Waals surface area (Å²) >= 11 is 0. The first-order valence-electron chi connectivity index (χ1n) is 17.8. The third-order valence-corrected chi connectivity index (χ3v) is 8.39. The van der Waals surface area contributed by atoms with Crippen LogP contribution in [0.3, 0.4) is 0 Å². The van der Waals surface area contributed by atoms with Gasteiger partial charge in [-0.15, -0.1) is 0 Å². The Hall–Kier alpha value is -5.18. The van der Waals surface area contributed by atoms with Crippen molar-refractivity contribution in [3.63, 3.8) is 0 Å². The summed E-state index contributed by atoms with van der Waals surface area (Å²) in [5, 5.41) is 40.9. The van der Waals surface area contributed by atoms with Gasteiger partial charge in [-0.1, -0.05) is 58.1 Å². The first-order chi connectivity index (χ1) is 24.8. The minimum atomic E-state index is -1.35. The number of amides is 5. The molecule has 1 heterocycles. The molecule has 2 aromatic rings. The van der Waals surface area contributed by atoms with Crippen LogP contribution in [0.25, 0.3) is 11.1 Å². The van der Waals surface area contributed by atoms with Crippen molar-refractivity contribution in [3.05, 3.63) is 47.5 Å². The highest BCUT2D eigenvalue weighted by atomic mass is 16.4. The Morgan fingerprint density at radius 1 is 0.865 bits per heavy atom. The maximum Gasteiger partial charge on any atom is 0.326 e. The number of nitrogens with one attached hydrogen (secondary N) is 4. The van der Waals surface area contributed by atoms with E-state index in [2.05, 4.69) is 35.1 Å². The van der Waals surface area contributed by atoms with Gasteiger partial charge in [0.25, 0.3) is 0 Å². The molecule has 0 fully saturated rings. The summed E-state index contributed by atoms with van der Waals surface area (Å²) in [6, 6.07) is 5.68. The normalized spacial score (nSPS) is 15.5. The molecule has 15 nitrogen and oxygen atoms in total. The van der Waals surface area contributed by atoms with E-state index in [0.29, 0.717) is 12.0 Å². The number of carboxylic acid groups (broad SMARTS) is 1. The zero-order valence-electron chi connectivity index (χ0n) is 30.3. The number of aliphatic carboxylic acids is 1. The fraction of sp³-hybridized carbons (Fsp3) is 0.514. The molecule has 4 bridgehead atoms. The number of phenolic OH excluding ortho intramolecular Hbond substituents is 2. The molecule has 0 radical (unpaired) electrons. The van der Waals surface area contributed by atoms with Gasteiger partial charge in [0, 0.05) is 44.0 Å². The Kier molecular flexibility index (Phi) is 18.7. The molecule has 0 aromatic heterocycles. The average Bonchev–Trinajstić information content (AvgIpc) is 3.11. The van der Waals surface area contributed by atoms with Crippen LogP contribution in [0.4, 0.5) is 0 Å². The number of benzene rings is 2. The van der Waals surface area contributed by atoms with Crippen LogP contribution in [0, 0.1) is 0 Å². The highest BCUT2D eigenvalue weighted by molar-refractivity contribution is 5.94. The van der Waals surface area contributed by atoms with Gasteiger partial charge in [-0.25, -0.2) is 4.79 Å². The van der Waals surface area contributed by atoms with Gasteiger partial charge in [0.2, 0.25) is 29.5 Å². The topological polar surface area (TPSA) is 240 Å². The molecule has 5 amide bonds. The van der Waals surface area contributed by atoms with Crippen LogP contribution in [-0.2, 0) is 35.2 Å². The van der Waals surface area contributed by atoms with Crippen molar-refractivity contribution in [1.29, 1.82) is 0 Å². The second-order valence-electron chi connectivity index (χ2n) is 12.6. The van der Waals surface area contributed by atoms with E-state index in [9.17, 15) is 44.1 Å². The molecule has 2 aromatic carbocycles. The smallest absolute Gasteiger partial charge is 0.326 e. The van der Waals surface area contributed by atoms with E-state index < -0.39 is 54.8 Å². The number of nitrogens with zero attached hydrogens (tertiary/aromatic N) is 1. The van der Waals surface area contributed by atoms with Gasteiger partial charge in [0.15, 0.2) is 0 Å². The summed E-state index contributed by atoms with van der Waals surface area (Å²) in [7, 11) is 1.33.